The zero-order valence-corrected chi connectivity index (χ0v) is 16.1. The molecule has 0 unspecified atom stereocenters. The van der Waals surface area contributed by atoms with Crippen molar-refractivity contribution in [1.82, 2.24) is 19.8 Å². The van der Waals surface area contributed by atoms with Gasteiger partial charge in [0.25, 0.3) is 5.91 Å². The Hall–Kier alpha value is -2.23. The molecule has 4 atom stereocenters. The minimum absolute atomic E-state index is 0.0506. The molecule has 5 rings (SSSR count). The lowest BCUT2D eigenvalue weighted by molar-refractivity contribution is 0.00325. The van der Waals surface area contributed by atoms with Gasteiger partial charge in [-0.1, -0.05) is 18.2 Å². The van der Waals surface area contributed by atoms with E-state index in [1.807, 2.05) is 4.90 Å². The second-order valence-electron chi connectivity index (χ2n) is 7.87. The number of benzene rings is 1. The van der Waals surface area contributed by atoms with E-state index in [0.717, 1.165) is 12.8 Å². The van der Waals surface area contributed by atoms with Crippen molar-refractivity contribution in [3.8, 4) is 0 Å². The fourth-order valence-corrected chi connectivity index (χ4v) is 6.15. The van der Waals surface area contributed by atoms with Gasteiger partial charge in [0.2, 0.25) is 10.0 Å². The Morgan fingerprint density at radius 3 is 2.93 bits per heavy atom. The van der Waals surface area contributed by atoms with Crippen LogP contribution in [0.1, 0.15) is 23.2 Å². The van der Waals surface area contributed by atoms with Crippen LogP contribution in [0.25, 0.3) is 0 Å². The molecule has 3 fully saturated rings. The average Bonchev–Trinajstić information content (AvgIpc) is 3.47. The lowest BCUT2D eigenvalue weighted by Gasteiger charge is -2.29. The van der Waals surface area contributed by atoms with Crippen LogP contribution in [0.15, 0.2) is 47.6 Å². The Labute approximate surface area is 163 Å². The molecular formula is C19H22N4O4S. The van der Waals surface area contributed by atoms with Crippen LogP contribution in [0.4, 0.5) is 0 Å². The lowest BCUT2D eigenvalue weighted by Crippen LogP contribution is -2.41. The molecule has 3 aliphatic heterocycles. The van der Waals surface area contributed by atoms with Gasteiger partial charge >= 0.3 is 0 Å². The van der Waals surface area contributed by atoms with Crippen molar-refractivity contribution in [3.63, 3.8) is 0 Å². The molecule has 1 spiro atoms. The molecule has 2 bridgehead atoms. The number of ether oxygens (including phenoxy) is 1. The van der Waals surface area contributed by atoms with Gasteiger partial charge in [0.15, 0.2) is 0 Å². The predicted octanol–water partition coefficient (Wildman–Crippen LogP) is 1.01. The van der Waals surface area contributed by atoms with Crippen LogP contribution < -0.4 is 4.72 Å². The third kappa shape index (κ3) is 2.76. The monoisotopic (exact) mass is 402 g/mol. The molecule has 2 N–H and O–H groups in total. The third-order valence-electron chi connectivity index (χ3n) is 6.38. The Bertz CT molecular complexity index is 979. The highest BCUT2D eigenvalue weighted by atomic mass is 32.2. The Balaban J connectivity index is 1.31. The molecule has 1 amide bonds. The molecule has 3 aliphatic rings. The number of likely N-dealkylation sites (tertiary alicyclic amines) is 1. The van der Waals surface area contributed by atoms with Crippen molar-refractivity contribution in [1.29, 1.82) is 0 Å². The molecule has 8 nitrogen and oxygen atoms in total. The SMILES string of the molecule is O=C(c1cn[nH]c1)N1C[C@@H]2[C@H](CNS(=O)(=O)c3ccccc3)[C@H]3CC[C@]2(C1)O3. The first-order valence-electron chi connectivity index (χ1n) is 9.49. The molecule has 2 aromatic rings. The maximum Gasteiger partial charge on any atom is 0.257 e. The second-order valence-corrected chi connectivity index (χ2v) is 9.63. The van der Waals surface area contributed by atoms with Gasteiger partial charge in [0.05, 0.1) is 34.9 Å². The zero-order valence-electron chi connectivity index (χ0n) is 15.2. The van der Waals surface area contributed by atoms with Crippen LogP contribution in [0, 0.1) is 11.8 Å². The first-order chi connectivity index (χ1) is 13.5. The van der Waals surface area contributed by atoms with E-state index in [-0.39, 0.29) is 34.3 Å². The highest BCUT2D eigenvalue weighted by Gasteiger charge is 2.63. The topological polar surface area (TPSA) is 104 Å². The third-order valence-corrected chi connectivity index (χ3v) is 7.82. The summed E-state index contributed by atoms with van der Waals surface area (Å²) in [6.45, 7) is 1.46. The average molecular weight is 402 g/mol. The van der Waals surface area contributed by atoms with Crippen molar-refractivity contribution in [2.45, 2.75) is 29.4 Å². The van der Waals surface area contributed by atoms with Gasteiger partial charge in [-0.25, -0.2) is 13.1 Å². The fraction of sp³-hybridized carbons (Fsp3) is 0.474. The van der Waals surface area contributed by atoms with E-state index in [2.05, 4.69) is 14.9 Å². The summed E-state index contributed by atoms with van der Waals surface area (Å²) in [5, 5.41) is 6.52. The molecule has 9 heteroatoms. The number of fused-ring (bicyclic) bond motifs is 1. The molecular weight excluding hydrogens is 380 g/mol. The minimum Gasteiger partial charge on any atom is -0.369 e. The number of hydrogen-bond donors (Lipinski definition) is 2. The quantitative estimate of drug-likeness (QED) is 0.777. The largest absolute Gasteiger partial charge is 0.369 e. The first kappa shape index (κ1) is 17.8. The van der Waals surface area contributed by atoms with Gasteiger partial charge in [-0.2, -0.15) is 5.10 Å². The number of amides is 1. The van der Waals surface area contributed by atoms with E-state index in [1.54, 1.807) is 36.5 Å². The maximum absolute atomic E-state index is 12.7. The first-order valence-corrected chi connectivity index (χ1v) is 11.0. The van der Waals surface area contributed by atoms with E-state index >= 15 is 0 Å². The van der Waals surface area contributed by atoms with Crippen LogP contribution in [0.5, 0.6) is 0 Å². The molecule has 0 saturated carbocycles. The van der Waals surface area contributed by atoms with Crippen molar-refractivity contribution in [2.24, 2.45) is 11.8 Å². The number of aromatic nitrogens is 2. The van der Waals surface area contributed by atoms with Gasteiger partial charge in [0, 0.05) is 31.1 Å². The van der Waals surface area contributed by atoms with Gasteiger partial charge in [-0.3, -0.25) is 9.89 Å². The number of carbonyl (C=O) groups excluding carboxylic acids is 1. The molecule has 3 saturated heterocycles. The van der Waals surface area contributed by atoms with E-state index < -0.39 is 10.0 Å². The summed E-state index contributed by atoms with van der Waals surface area (Å²) in [5.74, 6) is 0.142. The van der Waals surface area contributed by atoms with Crippen LogP contribution in [-0.2, 0) is 14.8 Å². The van der Waals surface area contributed by atoms with Crippen molar-refractivity contribution >= 4 is 15.9 Å². The Morgan fingerprint density at radius 1 is 1.36 bits per heavy atom. The summed E-state index contributed by atoms with van der Waals surface area (Å²) in [7, 11) is -3.56. The van der Waals surface area contributed by atoms with E-state index in [9.17, 15) is 13.2 Å². The van der Waals surface area contributed by atoms with E-state index in [4.69, 9.17) is 4.74 Å². The van der Waals surface area contributed by atoms with E-state index in [1.165, 1.54) is 6.20 Å². The summed E-state index contributed by atoms with van der Waals surface area (Å²) < 4.78 is 34.2. The number of carbonyl (C=O) groups is 1. The summed E-state index contributed by atoms with van der Waals surface area (Å²) >= 11 is 0. The number of sulfonamides is 1. The number of nitrogens with zero attached hydrogens (tertiary/aromatic N) is 2. The predicted molar refractivity (Wildman–Crippen MR) is 99.9 cm³/mol. The van der Waals surface area contributed by atoms with Crippen LogP contribution in [0.2, 0.25) is 0 Å². The van der Waals surface area contributed by atoms with Crippen LogP contribution in [-0.4, -0.2) is 60.8 Å². The molecule has 0 radical (unpaired) electrons. The van der Waals surface area contributed by atoms with Gasteiger partial charge < -0.3 is 9.64 Å². The van der Waals surface area contributed by atoms with Crippen molar-refractivity contribution in [3.05, 3.63) is 48.3 Å². The Kier molecular flexibility index (Phi) is 4.08. The standard InChI is InChI=1S/C19H22N4O4S/c24-18(13-8-20-21-9-13)23-11-16-15(17-6-7-19(16,12-23)27-17)10-22-28(25,26)14-4-2-1-3-5-14/h1-5,8-9,15-17,22H,6-7,10-12H2,(H,20,21)/t15-,16+,17+,19+/m0/s1. The molecule has 1 aromatic carbocycles. The molecule has 148 valence electrons. The van der Waals surface area contributed by atoms with Crippen molar-refractivity contribution in [2.75, 3.05) is 19.6 Å². The summed E-state index contributed by atoms with van der Waals surface area (Å²) in [6, 6.07) is 8.38. The number of H-pyrrole nitrogens is 1. The zero-order chi connectivity index (χ0) is 19.4. The normalized spacial score (nSPS) is 31.3. The van der Waals surface area contributed by atoms with E-state index in [0.29, 0.717) is 25.2 Å². The number of rotatable bonds is 5. The highest BCUT2D eigenvalue weighted by molar-refractivity contribution is 7.89. The smallest absolute Gasteiger partial charge is 0.257 e. The molecule has 4 heterocycles. The summed E-state index contributed by atoms with van der Waals surface area (Å²) in [6.07, 6.45) is 4.99. The van der Waals surface area contributed by atoms with Gasteiger partial charge in [-0.05, 0) is 25.0 Å². The summed E-state index contributed by atoms with van der Waals surface area (Å²) in [4.78, 5) is 14.8. The molecule has 28 heavy (non-hydrogen) atoms. The number of hydrogen-bond acceptors (Lipinski definition) is 5. The van der Waals surface area contributed by atoms with Crippen LogP contribution in [0.3, 0.4) is 0 Å². The van der Waals surface area contributed by atoms with Gasteiger partial charge in [-0.15, -0.1) is 0 Å². The second kappa shape index (κ2) is 6.40. The molecule has 1 aromatic heterocycles. The lowest BCUT2D eigenvalue weighted by atomic mass is 9.74. The van der Waals surface area contributed by atoms with Gasteiger partial charge in [0.1, 0.15) is 0 Å². The Morgan fingerprint density at radius 2 is 2.18 bits per heavy atom. The van der Waals surface area contributed by atoms with Crippen LogP contribution >= 0.6 is 0 Å². The number of aromatic amines is 1. The minimum atomic E-state index is -3.56. The fourth-order valence-electron chi connectivity index (χ4n) is 5.06. The number of nitrogens with one attached hydrogen (secondary N) is 2. The highest BCUT2D eigenvalue weighted by Crippen LogP contribution is 2.54. The molecule has 0 aliphatic carbocycles. The van der Waals surface area contributed by atoms with Crippen molar-refractivity contribution < 1.29 is 17.9 Å². The summed E-state index contributed by atoms with van der Waals surface area (Å²) in [5.41, 5.74) is 0.194. The maximum atomic E-state index is 12.7.